The van der Waals surface area contributed by atoms with Crippen molar-refractivity contribution in [2.24, 2.45) is 0 Å². The van der Waals surface area contributed by atoms with Crippen LogP contribution in [0, 0.1) is 0 Å². The van der Waals surface area contributed by atoms with Gasteiger partial charge in [0.15, 0.2) is 4.90 Å². The van der Waals surface area contributed by atoms with Gasteiger partial charge < -0.3 is 14.0 Å². The molecule has 0 bridgehead atoms. The van der Waals surface area contributed by atoms with Crippen molar-refractivity contribution in [2.75, 3.05) is 17.7 Å². The van der Waals surface area contributed by atoms with E-state index in [0.717, 1.165) is 5.56 Å². The Morgan fingerprint density at radius 1 is 1.19 bits per heavy atom. The van der Waals surface area contributed by atoms with Crippen LogP contribution >= 0.6 is 23.2 Å². The monoisotopic (exact) mass is 427 g/mol. The number of hydrogen-bond acceptors (Lipinski definition) is 4. The van der Waals surface area contributed by atoms with Crippen LogP contribution in [0.15, 0.2) is 41.3 Å². The standard InChI is InChI=1S/C19H19Cl2NO4S/c1-19(2)14-10-12(4-7-17(14)22-18(23)26-19)25-8-3-9-27(24)13-5-6-15(20)16(21)11-13/h4-7,10-11H,3,8-9H2,1-2H3,(H,22,23). The Balaban J connectivity index is 1.55. The Kier molecular flexibility index (Phi) is 6.11. The Morgan fingerprint density at radius 2 is 1.96 bits per heavy atom. The summed E-state index contributed by atoms with van der Waals surface area (Å²) in [6, 6.07) is 10.4. The molecule has 1 aliphatic heterocycles. The van der Waals surface area contributed by atoms with Gasteiger partial charge >= 0.3 is 6.09 Å². The van der Waals surface area contributed by atoms with Gasteiger partial charge in [0.2, 0.25) is 0 Å². The molecule has 0 aromatic heterocycles. The summed E-state index contributed by atoms with van der Waals surface area (Å²) in [6.45, 7) is 4.07. The van der Waals surface area contributed by atoms with Crippen molar-refractivity contribution in [3.05, 3.63) is 52.0 Å². The molecule has 0 fully saturated rings. The van der Waals surface area contributed by atoms with E-state index in [9.17, 15) is 9.35 Å². The first-order chi connectivity index (χ1) is 12.8. The van der Waals surface area contributed by atoms with Gasteiger partial charge in [-0.05, 0) is 55.4 Å². The summed E-state index contributed by atoms with van der Waals surface area (Å²) in [5.41, 5.74) is 0.829. The minimum absolute atomic E-state index is 0.393. The van der Waals surface area contributed by atoms with E-state index in [1.54, 1.807) is 30.3 Å². The van der Waals surface area contributed by atoms with E-state index in [1.807, 2.05) is 19.9 Å². The Morgan fingerprint density at radius 3 is 2.70 bits per heavy atom. The largest absolute Gasteiger partial charge is 0.611 e. The topological polar surface area (TPSA) is 70.6 Å². The Labute approximate surface area is 171 Å². The molecule has 1 unspecified atom stereocenters. The maximum Gasteiger partial charge on any atom is 0.412 e. The molecule has 3 rings (SSSR count). The summed E-state index contributed by atoms with van der Waals surface area (Å²) in [4.78, 5) is 12.2. The first-order valence-electron chi connectivity index (χ1n) is 8.37. The van der Waals surface area contributed by atoms with Gasteiger partial charge in [-0.3, -0.25) is 5.32 Å². The highest BCUT2D eigenvalue weighted by atomic mass is 35.5. The predicted molar refractivity (Wildman–Crippen MR) is 107 cm³/mol. The zero-order chi connectivity index (χ0) is 19.6. The lowest BCUT2D eigenvalue weighted by atomic mass is 9.94. The van der Waals surface area contributed by atoms with E-state index < -0.39 is 22.9 Å². The van der Waals surface area contributed by atoms with Crippen LogP contribution in [0.1, 0.15) is 25.8 Å². The van der Waals surface area contributed by atoms with Crippen LogP contribution in [0.5, 0.6) is 5.75 Å². The van der Waals surface area contributed by atoms with Gasteiger partial charge in [-0.25, -0.2) is 4.79 Å². The second kappa shape index (κ2) is 8.19. The van der Waals surface area contributed by atoms with Crippen molar-refractivity contribution in [2.45, 2.75) is 30.8 Å². The second-order valence-corrected chi connectivity index (χ2v) is 8.94. The zero-order valence-electron chi connectivity index (χ0n) is 14.9. The van der Waals surface area contributed by atoms with E-state index in [4.69, 9.17) is 32.7 Å². The quantitative estimate of drug-likeness (QED) is 0.496. The minimum Gasteiger partial charge on any atom is -0.611 e. The molecule has 2 aromatic rings. The van der Waals surface area contributed by atoms with Gasteiger partial charge in [-0.2, -0.15) is 0 Å². The van der Waals surface area contributed by atoms with Crippen molar-refractivity contribution in [3.8, 4) is 5.75 Å². The third-order valence-corrected chi connectivity index (χ3v) is 6.30. The summed E-state index contributed by atoms with van der Waals surface area (Å²) >= 11 is 10.7. The highest BCUT2D eigenvalue weighted by Crippen LogP contribution is 2.37. The van der Waals surface area contributed by atoms with Gasteiger partial charge in [0.25, 0.3) is 0 Å². The number of ether oxygens (including phenoxy) is 2. The third-order valence-electron chi connectivity index (χ3n) is 4.12. The zero-order valence-corrected chi connectivity index (χ0v) is 17.2. The smallest absolute Gasteiger partial charge is 0.412 e. The number of fused-ring (bicyclic) bond motifs is 1. The van der Waals surface area contributed by atoms with Gasteiger partial charge in [0.1, 0.15) is 17.1 Å². The lowest BCUT2D eigenvalue weighted by Crippen LogP contribution is -2.34. The van der Waals surface area contributed by atoms with E-state index in [2.05, 4.69) is 5.32 Å². The van der Waals surface area contributed by atoms with Crippen LogP contribution in [0.2, 0.25) is 10.0 Å². The van der Waals surface area contributed by atoms with Crippen molar-refractivity contribution in [1.29, 1.82) is 0 Å². The average Bonchev–Trinajstić information content (AvgIpc) is 2.60. The SMILES string of the molecule is CC1(C)OC(=O)Nc2ccc(OCCC[S+]([O-])c3ccc(Cl)c(Cl)c3)cc21. The van der Waals surface area contributed by atoms with E-state index in [0.29, 0.717) is 45.2 Å². The van der Waals surface area contributed by atoms with Gasteiger partial charge in [0.05, 0.1) is 22.3 Å². The number of amides is 1. The van der Waals surface area contributed by atoms with Crippen molar-refractivity contribution >= 4 is 46.2 Å². The maximum atomic E-state index is 12.3. The molecule has 0 spiro atoms. The highest BCUT2D eigenvalue weighted by Gasteiger charge is 2.33. The Bertz CT molecular complexity index is 860. The van der Waals surface area contributed by atoms with Gasteiger partial charge in [-0.1, -0.05) is 23.2 Å². The number of cyclic esters (lactones) is 1. The lowest BCUT2D eigenvalue weighted by molar-refractivity contribution is 0.0418. The molecule has 8 heteroatoms. The molecular formula is C19H19Cl2NO4S. The molecule has 0 radical (unpaired) electrons. The minimum atomic E-state index is -1.17. The van der Waals surface area contributed by atoms with Crippen LogP contribution in [0.3, 0.4) is 0 Å². The Hall–Kier alpha value is -1.60. The summed E-state index contributed by atoms with van der Waals surface area (Å²) in [5, 5.41) is 3.51. The van der Waals surface area contributed by atoms with Crippen LogP contribution in [0.25, 0.3) is 0 Å². The molecule has 1 atom stereocenters. The van der Waals surface area contributed by atoms with Gasteiger partial charge in [-0.15, -0.1) is 0 Å². The number of hydrogen-bond donors (Lipinski definition) is 1. The fourth-order valence-electron chi connectivity index (χ4n) is 2.76. The first-order valence-corrected chi connectivity index (χ1v) is 10.4. The highest BCUT2D eigenvalue weighted by molar-refractivity contribution is 7.91. The van der Waals surface area contributed by atoms with E-state index in [1.165, 1.54) is 0 Å². The number of anilines is 1. The van der Waals surface area contributed by atoms with Crippen LogP contribution < -0.4 is 10.1 Å². The molecule has 0 saturated carbocycles. The van der Waals surface area contributed by atoms with Crippen molar-refractivity contribution < 1.29 is 18.8 Å². The fraction of sp³-hybridized carbons (Fsp3) is 0.316. The molecule has 1 N–H and O–H groups in total. The molecule has 5 nitrogen and oxygen atoms in total. The summed E-state index contributed by atoms with van der Waals surface area (Å²) in [5.74, 6) is 1.12. The van der Waals surface area contributed by atoms with Gasteiger partial charge in [0, 0.05) is 18.1 Å². The number of carbonyl (C=O) groups excluding carboxylic acids is 1. The molecule has 1 amide bonds. The normalized spacial score (nSPS) is 16.1. The number of carbonyl (C=O) groups is 1. The lowest BCUT2D eigenvalue weighted by Gasteiger charge is -2.32. The van der Waals surface area contributed by atoms with Crippen molar-refractivity contribution in [1.82, 2.24) is 0 Å². The third kappa shape index (κ3) is 4.82. The first kappa shape index (κ1) is 20.1. The number of rotatable bonds is 6. The predicted octanol–water partition coefficient (Wildman–Crippen LogP) is 5.37. The second-order valence-electron chi connectivity index (χ2n) is 6.56. The molecule has 1 heterocycles. The molecule has 0 saturated heterocycles. The molecule has 2 aromatic carbocycles. The molecular weight excluding hydrogens is 409 g/mol. The summed E-state index contributed by atoms with van der Waals surface area (Å²) in [6.07, 6.45) is 0.145. The van der Waals surface area contributed by atoms with Crippen LogP contribution in [-0.2, 0) is 21.5 Å². The number of halogens is 2. The summed E-state index contributed by atoms with van der Waals surface area (Å²) < 4.78 is 23.4. The van der Waals surface area contributed by atoms with Crippen LogP contribution in [-0.4, -0.2) is 23.0 Å². The van der Waals surface area contributed by atoms with Crippen molar-refractivity contribution in [3.63, 3.8) is 0 Å². The molecule has 144 valence electrons. The molecule has 27 heavy (non-hydrogen) atoms. The summed E-state index contributed by atoms with van der Waals surface area (Å²) in [7, 11) is 0. The average molecular weight is 428 g/mol. The molecule has 1 aliphatic rings. The van der Waals surface area contributed by atoms with Crippen LogP contribution in [0.4, 0.5) is 10.5 Å². The fourth-order valence-corrected chi connectivity index (χ4v) is 4.21. The van der Waals surface area contributed by atoms with E-state index in [-0.39, 0.29) is 0 Å². The van der Waals surface area contributed by atoms with E-state index >= 15 is 0 Å². The number of benzene rings is 2. The number of nitrogens with one attached hydrogen (secondary N) is 1. The molecule has 0 aliphatic carbocycles. The maximum absolute atomic E-state index is 12.3.